The van der Waals surface area contributed by atoms with Crippen LogP contribution in [0.2, 0.25) is 0 Å². The van der Waals surface area contributed by atoms with E-state index in [1.807, 2.05) is 0 Å². The minimum atomic E-state index is -3.51. The summed E-state index contributed by atoms with van der Waals surface area (Å²) >= 11 is 0. The molecule has 3 heterocycles. The highest BCUT2D eigenvalue weighted by Crippen LogP contribution is 2.30. The predicted octanol–water partition coefficient (Wildman–Crippen LogP) is 2.99. The summed E-state index contributed by atoms with van der Waals surface area (Å²) < 4.78 is 39.1. The molecule has 1 aromatic carbocycles. The maximum Gasteiger partial charge on any atom is 0.277 e. The Bertz CT molecular complexity index is 1480. The number of pyridine rings is 2. The Morgan fingerprint density at radius 2 is 1.84 bits per heavy atom. The molecule has 9 nitrogen and oxygen atoms in total. The molecule has 0 radical (unpaired) electrons. The average Bonchev–Trinajstić information content (AvgIpc) is 2.98. The highest BCUT2D eigenvalue weighted by atomic mass is 32.2. The van der Waals surface area contributed by atoms with Gasteiger partial charge in [0.1, 0.15) is 22.8 Å². The largest absolute Gasteiger partial charge is 0.354 e. The van der Waals surface area contributed by atoms with Crippen molar-refractivity contribution >= 4 is 43.9 Å². The van der Waals surface area contributed by atoms with Crippen LogP contribution in [0.3, 0.4) is 0 Å². The second kappa shape index (κ2) is 7.51. The van der Waals surface area contributed by atoms with Gasteiger partial charge in [-0.2, -0.15) is 0 Å². The van der Waals surface area contributed by atoms with Gasteiger partial charge >= 0.3 is 0 Å². The number of para-hydroxylation sites is 1. The van der Waals surface area contributed by atoms with E-state index in [1.165, 1.54) is 16.8 Å². The number of hydrogen-bond acceptors (Lipinski definition) is 7. The fourth-order valence-corrected chi connectivity index (χ4v) is 4.00. The molecule has 0 unspecified atom stereocenters. The molecular formula is C20H19FN6O3S. The summed E-state index contributed by atoms with van der Waals surface area (Å²) in [6, 6.07) is 9.50. The van der Waals surface area contributed by atoms with Crippen LogP contribution in [-0.4, -0.2) is 34.4 Å². The molecule has 0 bridgehead atoms. The predicted molar refractivity (Wildman–Crippen MR) is 116 cm³/mol. The summed E-state index contributed by atoms with van der Waals surface area (Å²) in [6.45, 7) is 1.61. The van der Waals surface area contributed by atoms with E-state index in [0.717, 1.165) is 12.5 Å². The highest BCUT2D eigenvalue weighted by molar-refractivity contribution is 7.90. The molecule has 4 rings (SSSR count). The lowest BCUT2D eigenvalue weighted by Gasteiger charge is -2.13. The summed E-state index contributed by atoms with van der Waals surface area (Å²) in [5.41, 5.74) is 1.04. The molecule has 0 aliphatic heterocycles. The summed E-state index contributed by atoms with van der Waals surface area (Å²) in [5.74, 6) is 0.264. The van der Waals surface area contributed by atoms with Crippen LogP contribution in [0.25, 0.3) is 11.0 Å². The maximum absolute atomic E-state index is 13.5. The molecule has 11 heteroatoms. The molecule has 3 N–H and O–H groups in total. The number of hydrogen-bond donors (Lipinski definition) is 3. The number of rotatable bonds is 5. The van der Waals surface area contributed by atoms with Crippen LogP contribution in [-0.2, 0) is 16.9 Å². The monoisotopic (exact) mass is 442 g/mol. The van der Waals surface area contributed by atoms with E-state index < -0.39 is 15.7 Å². The molecule has 0 aliphatic rings. The Balaban J connectivity index is 1.84. The van der Waals surface area contributed by atoms with Gasteiger partial charge in [-0.1, -0.05) is 12.1 Å². The molecule has 160 valence electrons. The van der Waals surface area contributed by atoms with Crippen molar-refractivity contribution < 1.29 is 12.8 Å². The molecule has 3 aromatic heterocycles. The van der Waals surface area contributed by atoms with Crippen LogP contribution in [0.4, 0.5) is 27.4 Å². The van der Waals surface area contributed by atoms with Crippen molar-refractivity contribution in [3.05, 3.63) is 64.3 Å². The maximum atomic E-state index is 13.5. The second-order valence-electron chi connectivity index (χ2n) is 7.09. The third kappa shape index (κ3) is 3.99. The Hall–Kier alpha value is -3.73. The minimum Gasteiger partial charge on any atom is -0.354 e. The zero-order valence-corrected chi connectivity index (χ0v) is 17.7. The van der Waals surface area contributed by atoms with Gasteiger partial charge in [0, 0.05) is 19.4 Å². The molecule has 0 aliphatic carbocycles. The number of anilines is 4. The van der Waals surface area contributed by atoms with Crippen LogP contribution >= 0.6 is 0 Å². The van der Waals surface area contributed by atoms with Crippen molar-refractivity contribution in [3.8, 4) is 0 Å². The van der Waals surface area contributed by atoms with Gasteiger partial charge in [0.25, 0.3) is 5.56 Å². The SMILES string of the molecule is Cc1cc(Nc2cc(Nc3ccccc3S(C)(=O)=O)c3c(=O)n(C)[nH]c3n2)ncc1F. The van der Waals surface area contributed by atoms with Gasteiger partial charge in [-0.15, -0.1) is 0 Å². The Kier molecular flexibility index (Phi) is 4.97. The summed E-state index contributed by atoms with van der Waals surface area (Å²) in [6.07, 6.45) is 2.21. The molecule has 0 fully saturated rings. The standard InChI is InChI=1S/C20H19FN6O3S/c1-11-8-16(22-10-12(11)21)24-17-9-14(18-19(25-17)26-27(2)20(18)28)23-13-6-4-5-7-15(13)31(3,29)30/h4-10H,1-3H3,(H3,22,23,24,25,26). The van der Waals surface area contributed by atoms with Crippen molar-refractivity contribution in [2.75, 3.05) is 16.9 Å². The van der Waals surface area contributed by atoms with Gasteiger partial charge in [0.05, 0.1) is 22.5 Å². The first-order valence-electron chi connectivity index (χ1n) is 9.18. The Labute approximate surface area is 176 Å². The number of benzene rings is 1. The van der Waals surface area contributed by atoms with Crippen molar-refractivity contribution in [3.63, 3.8) is 0 Å². The Morgan fingerprint density at radius 1 is 1.10 bits per heavy atom. The number of halogens is 1. The van der Waals surface area contributed by atoms with Crippen molar-refractivity contribution in [2.24, 2.45) is 7.05 Å². The normalized spacial score (nSPS) is 11.6. The highest BCUT2D eigenvalue weighted by Gasteiger charge is 2.17. The molecule has 0 amide bonds. The molecular weight excluding hydrogens is 423 g/mol. The zero-order valence-electron chi connectivity index (χ0n) is 16.9. The number of sulfone groups is 1. The number of aromatic nitrogens is 4. The van der Waals surface area contributed by atoms with Crippen LogP contribution in [0.5, 0.6) is 0 Å². The van der Waals surface area contributed by atoms with E-state index in [9.17, 15) is 17.6 Å². The number of aromatic amines is 1. The molecule has 31 heavy (non-hydrogen) atoms. The third-order valence-electron chi connectivity index (χ3n) is 4.67. The molecule has 0 atom stereocenters. The van der Waals surface area contributed by atoms with Crippen LogP contribution in [0.15, 0.2) is 52.3 Å². The van der Waals surface area contributed by atoms with Gasteiger partial charge in [0.15, 0.2) is 15.5 Å². The number of fused-ring (bicyclic) bond motifs is 1. The first kappa shape index (κ1) is 20.5. The van der Waals surface area contributed by atoms with Gasteiger partial charge in [0.2, 0.25) is 0 Å². The lowest BCUT2D eigenvalue weighted by Crippen LogP contribution is -2.12. The summed E-state index contributed by atoms with van der Waals surface area (Å²) in [5, 5.41) is 9.16. The second-order valence-corrected chi connectivity index (χ2v) is 9.08. The molecule has 4 aromatic rings. The summed E-state index contributed by atoms with van der Waals surface area (Å²) in [7, 11) is -1.96. The van der Waals surface area contributed by atoms with Gasteiger partial charge in [-0.3, -0.25) is 14.6 Å². The van der Waals surface area contributed by atoms with E-state index in [0.29, 0.717) is 28.6 Å². The van der Waals surface area contributed by atoms with Gasteiger partial charge < -0.3 is 10.6 Å². The van der Waals surface area contributed by atoms with E-state index in [1.54, 1.807) is 38.2 Å². The van der Waals surface area contributed by atoms with Crippen LogP contribution in [0, 0.1) is 12.7 Å². The lowest BCUT2D eigenvalue weighted by atomic mass is 10.2. The smallest absolute Gasteiger partial charge is 0.277 e. The van der Waals surface area contributed by atoms with Gasteiger partial charge in [-0.25, -0.2) is 22.8 Å². The average molecular weight is 442 g/mol. The third-order valence-corrected chi connectivity index (χ3v) is 5.83. The van der Waals surface area contributed by atoms with Crippen LogP contribution < -0.4 is 16.2 Å². The van der Waals surface area contributed by atoms with E-state index in [2.05, 4.69) is 25.7 Å². The van der Waals surface area contributed by atoms with Gasteiger partial charge in [-0.05, 0) is 30.7 Å². The topological polar surface area (TPSA) is 122 Å². The lowest BCUT2D eigenvalue weighted by molar-refractivity contribution is 0.602. The van der Waals surface area contributed by atoms with Crippen molar-refractivity contribution in [1.82, 2.24) is 19.7 Å². The van der Waals surface area contributed by atoms with E-state index >= 15 is 0 Å². The Morgan fingerprint density at radius 3 is 2.55 bits per heavy atom. The molecule has 0 spiro atoms. The minimum absolute atomic E-state index is 0.0951. The number of nitrogens with zero attached hydrogens (tertiary/aromatic N) is 3. The van der Waals surface area contributed by atoms with Crippen molar-refractivity contribution in [2.45, 2.75) is 11.8 Å². The zero-order chi connectivity index (χ0) is 22.3. The molecule has 0 saturated heterocycles. The van der Waals surface area contributed by atoms with Crippen LogP contribution in [0.1, 0.15) is 5.56 Å². The summed E-state index contributed by atoms with van der Waals surface area (Å²) in [4.78, 5) is 21.1. The fourth-order valence-electron chi connectivity index (χ4n) is 3.16. The number of nitrogens with one attached hydrogen (secondary N) is 3. The first-order chi connectivity index (χ1) is 14.6. The quantitative estimate of drug-likeness (QED) is 0.434. The number of H-pyrrole nitrogens is 1. The van der Waals surface area contributed by atoms with Crippen molar-refractivity contribution in [1.29, 1.82) is 0 Å². The van der Waals surface area contributed by atoms with E-state index in [-0.39, 0.29) is 21.5 Å². The molecule has 0 saturated carbocycles. The first-order valence-corrected chi connectivity index (χ1v) is 11.1. The number of aryl methyl sites for hydroxylation is 2. The van der Waals surface area contributed by atoms with E-state index in [4.69, 9.17) is 0 Å². The fraction of sp³-hybridized carbons (Fsp3) is 0.150.